The number of thiophene rings is 1. The Morgan fingerprint density at radius 3 is 2.56 bits per heavy atom. The van der Waals surface area contributed by atoms with Crippen molar-refractivity contribution in [2.24, 2.45) is 0 Å². The highest BCUT2D eigenvalue weighted by molar-refractivity contribution is 7.94. The molecule has 6 nitrogen and oxygen atoms in total. The summed E-state index contributed by atoms with van der Waals surface area (Å²) in [4.78, 5) is 0. The van der Waals surface area contributed by atoms with Crippen molar-refractivity contribution in [2.45, 2.75) is 36.1 Å². The van der Waals surface area contributed by atoms with Crippen LogP contribution in [0.3, 0.4) is 0 Å². The van der Waals surface area contributed by atoms with E-state index in [2.05, 4.69) is 4.72 Å². The minimum Gasteiger partial charge on any atom is -0.283 e. The predicted octanol–water partition coefficient (Wildman–Crippen LogP) is 3.04. The molecule has 0 radical (unpaired) electrons. The third kappa shape index (κ3) is 3.54. The Bertz CT molecular complexity index is 965. The van der Waals surface area contributed by atoms with E-state index in [9.17, 15) is 16.8 Å². The van der Waals surface area contributed by atoms with Crippen LogP contribution in [0.4, 0.5) is 11.4 Å². The van der Waals surface area contributed by atoms with Crippen LogP contribution in [0.15, 0.2) is 39.9 Å². The second-order valence-corrected chi connectivity index (χ2v) is 11.4. The number of hydrogen-bond donors (Lipinski definition) is 1. The van der Waals surface area contributed by atoms with Crippen LogP contribution in [-0.2, 0) is 26.5 Å². The first-order chi connectivity index (χ1) is 11.7. The fraction of sp³-hybridized carbons (Fsp3) is 0.375. The summed E-state index contributed by atoms with van der Waals surface area (Å²) in [6, 6.07) is 8.33. The van der Waals surface area contributed by atoms with E-state index in [1.165, 1.54) is 15.6 Å². The molecule has 1 aliphatic rings. The Morgan fingerprint density at radius 2 is 1.92 bits per heavy atom. The number of hydrogen-bond acceptors (Lipinski definition) is 5. The van der Waals surface area contributed by atoms with Gasteiger partial charge in [-0.05, 0) is 61.9 Å². The molecule has 0 fully saturated rings. The fourth-order valence-electron chi connectivity index (χ4n) is 2.68. The SMILES string of the molecule is CC(C)S(=O)(=O)Nc1ccc2c(c1)CCCN2S(=O)(=O)c1cccs1. The average Bonchev–Trinajstić information content (AvgIpc) is 3.08. The molecule has 136 valence electrons. The smallest absolute Gasteiger partial charge is 0.273 e. The first-order valence-electron chi connectivity index (χ1n) is 7.92. The highest BCUT2D eigenvalue weighted by Crippen LogP contribution is 2.35. The van der Waals surface area contributed by atoms with Gasteiger partial charge in [0.2, 0.25) is 10.0 Å². The zero-order valence-electron chi connectivity index (χ0n) is 14.0. The van der Waals surface area contributed by atoms with E-state index in [-0.39, 0.29) is 0 Å². The largest absolute Gasteiger partial charge is 0.283 e. The van der Waals surface area contributed by atoms with Crippen LogP contribution in [0.5, 0.6) is 0 Å². The monoisotopic (exact) mass is 400 g/mol. The summed E-state index contributed by atoms with van der Waals surface area (Å²) in [5.74, 6) is 0. The molecule has 0 saturated carbocycles. The molecule has 0 saturated heterocycles. The van der Waals surface area contributed by atoms with Crippen molar-refractivity contribution in [1.29, 1.82) is 0 Å². The molecular weight excluding hydrogens is 380 g/mol. The first-order valence-corrected chi connectivity index (χ1v) is 11.8. The lowest BCUT2D eigenvalue weighted by Gasteiger charge is -2.30. The molecule has 0 atom stereocenters. The second kappa shape index (κ2) is 6.62. The molecule has 1 aliphatic heterocycles. The van der Waals surface area contributed by atoms with Crippen LogP contribution in [0.25, 0.3) is 0 Å². The summed E-state index contributed by atoms with van der Waals surface area (Å²) in [6.07, 6.45) is 1.40. The van der Waals surface area contributed by atoms with Gasteiger partial charge in [0.1, 0.15) is 4.21 Å². The lowest BCUT2D eigenvalue weighted by molar-refractivity contribution is 0.588. The van der Waals surface area contributed by atoms with E-state index >= 15 is 0 Å². The van der Waals surface area contributed by atoms with Gasteiger partial charge >= 0.3 is 0 Å². The van der Waals surface area contributed by atoms with Gasteiger partial charge in [0.25, 0.3) is 10.0 Å². The molecule has 0 spiro atoms. The summed E-state index contributed by atoms with van der Waals surface area (Å²) in [5.41, 5.74) is 1.91. The minimum absolute atomic E-state index is 0.310. The number of rotatable bonds is 5. The zero-order valence-corrected chi connectivity index (χ0v) is 16.4. The van der Waals surface area contributed by atoms with Crippen molar-refractivity contribution >= 4 is 42.8 Å². The molecule has 0 unspecified atom stereocenters. The molecule has 0 bridgehead atoms. The van der Waals surface area contributed by atoms with Gasteiger partial charge in [-0.3, -0.25) is 9.03 Å². The molecule has 2 heterocycles. The molecule has 25 heavy (non-hydrogen) atoms. The maximum Gasteiger partial charge on any atom is 0.273 e. The van der Waals surface area contributed by atoms with Gasteiger partial charge in [-0.15, -0.1) is 11.3 Å². The van der Waals surface area contributed by atoms with Gasteiger partial charge < -0.3 is 0 Å². The van der Waals surface area contributed by atoms with Crippen LogP contribution in [0, 0.1) is 0 Å². The van der Waals surface area contributed by atoms with Crippen LogP contribution in [0.1, 0.15) is 25.8 Å². The topological polar surface area (TPSA) is 83.6 Å². The highest BCUT2D eigenvalue weighted by atomic mass is 32.2. The van der Waals surface area contributed by atoms with Crippen molar-refractivity contribution in [3.8, 4) is 0 Å². The molecule has 1 N–H and O–H groups in total. The van der Waals surface area contributed by atoms with E-state index < -0.39 is 25.3 Å². The van der Waals surface area contributed by atoms with Gasteiger partial charge in [0.05, 0.1) is 10.9 Å². The molecule has 1 aromatic heterocycles. The number of nitrogens with one attached hydrogen (secondary N) is 1. The predicted molar refractivity (Wildman–Crippen MR) is 101 cm³/mol. The zero-order chi connectivity index (χ0) is 18.2. The maximum absolute atomic E-state index is 12.8. The lowest BCUT2D eigenvalue weighted by Crippen LogP contribution is -2.35. The molecule has 0 amide bonds. The van der Waals surface area contributed by atoms with E-state index in [0.29, 0.717) is 35.0 Å². The number of nitrogens with zero attached hydrogens (tertiary/aromatic N) is 1. The maximum atomic E-state index is 12.8. The Balaban J connectivity index is 1.96. The molecule has 1 aromatic carbocycles. The first kappa shape index (κ1) is 18.2. The van der Waals surface area contributed by atoms with Crippen LogP contribution >= 0.6 is 11.3 Å². The average molecular weight is 401 g/mol. The molecule has 9 heteroatoms. The van der Waals surface area contributed by atoms with Crippen molar-refractivity contribution in [1.82, 2.24) is 0 Å². The number of benzene rings is 1. The van der Waals surface area contributed by atoms with Gasteiger partial charge in [-0.1, -0.05) is 6.07 Å². The Labute approximate surface area is 152 Å². The Hall–Kier alpha value is -1.58. The lowest BCUT2D eigenvalue weighted by atomic mass is 10.0. The Morgan fingerprint density at radius 1 is 1.16 bits per heavy atom. The molecule has 0 aliphatic carbocycles. The van der Waals surface area contributed by atoms with Crippen molar-refractivity contribution < 1.29 is 16.8 Å². The van der Waals surface area contributed by atoms with Crippen molar-refractivity contribution in [2.75, 3.05) is 15.6 Å². The number of sulfonamides is 2. The summed E-state index contributed by atoms with van der Waals surface area (Å²) in [5, 5.41) is 1.20. The molecule has 3 rings (SSSR count). The Kier molecular flexibility index (Phi) is 4.82. The second-order valence-electron chi connectivity index (χ2n) is 6.15. The normalized spacial score (nSPS) is 15.2. The fourth-order valence-corrected chi connectivity index (χ4v) is 6.01. The molecule has 2 aromatic rings. The number of aryl methyl sites for hydroxylation is 1. The van der Waals surface area contributed by atoms with E-state index in [0.717, 1.165) is 5.56 Å². The van der Waals surface area contributed by atoms with E-state index in [1.54, 1.807) is 49.6 Å². The third-order valence-electron chi connectivity index (χ3n) is 4.08. The quantitative estimate of drug-likeness (QED) is 0.836. The van der Waals surface area contributed by atoms with E-state index in [1.807, 2.05) is 0 Å². The van der Waals surface area contributed by atoms with E-state index in [4.69, 9.17) is 0 Å². The van der Waals surface area contributed by atoms with Crippen LogP contribution < -0.4 is 9.03 Å². The van der Waals surface area contributed by atoms with Crippen molar-refractivity contribution in [3.05, 3.63) is 41.3 Å². The highest BCUT2D eigenvalue weighted by Gasteiger charge is 2.30. The number of anilines is 2. The summed E-state index contributed by atoms with van der Waals surface area (Å²) in [7, 11) is -7.02. The minimum atomic E-state index is -3.58. The van der Waals surface area contributed by atoms with Gasteiger partial charge in [-0.2, -0.15) is 0 Å². The summed E-state index contributed by atoms with van der Waals surface area (Å²) >= 11 is 1.19. The van der Waals surface area contributed by atoms with Gasteiger partial charge in [0, 0.05) is 12.2 Å². The molecular formula is C16H20N2O4S3. The van der Waals surface area contributed by atoms with Gasteiger partial charge in [-0.25, -0.2) is 16.8 Å². The summed E-state index contributed by atoms with van der Waals surface area (Å²) in [6.45, 7) is 3.64. The van der Waals surface area contributed by atoms with Crippen LogP contribution in [0.2, 0.25) is 0 Å². The van der Waals surface area contributed by atoms with Crippen molar-refractivity contribution in [3.63, 3.8) is 0 Å². The standard InChI is InChI=1S/C16H20N2O4S3/c1-12(2)24(19,20)17-14-7-8-15-13(11-14)5-3-9-18(15)25(21,22)16-6-4-10-23-16/h4,6-8,10-12,17H,3,5,9H2,1-2H3. The van der Waals surface area contributed by atoms with Gasteiger partial charge in [0.15, 0.2) is 0 Å². The summed E-state index contributed by atoms with van der Waals surface area (Å²) < 4.78 is 54.0. The number of fused-ring (bicyclic) bond motifs is 1. The van der Waals surface area contributed by atoms with Crippen LogP contribution in [-0.4, -0.2) is 28.6 Å². The third-order valence-corrected chi connectivity index (χ3v) is 9.02.